The van der Waals surface area contributed by atoms with Gasteiger partial charge in [-0.25, -0.2) is 15.2 Å². The maximum atomic E-state index is 14.2. The number of nitrogens with zero attached hydrogens (tertiary/aromatic N) is 4. The van der Waals surface area contributed by atoms with Crippen molar-refractivity contribution >= 4 is 36.7 Å². The predicted molar refractivity (Wildman–Crippen MR) is 169 cm³/mol. The highest BCUT2D eigenvalue weighted by atomic mass is 31.2. The van der Waals surface area contributed by atoms with E-state index in [9.17, 15) is 24.4 Å². The number of hydrogen-bond donors (Lipinski definition) is 5. The van der Waals surface area contributed by atoms with Crippen molar-refractivity contribution in [1.82, 2.24) is 29.7 Å². The summed E-state index contributed by atoms with van der Waals surface area (Å²) >= 11 is 0. The molecule has 2 aliphatic rings. The third-order valence-corrected chi connectivity index (χ3v) is 9.91. The van der Waals surface area contributed by atoms with Crippen LogP contribution in [0.15, 0.2) is 6.33 Å². The third kappa shape index (κ3) is 8.96. The summed E-state index contributed by atoms with van der Waals surface area (Å²) in [7, 11) is -2.87. The lowest BCUT2D eigenvalue weighted by Gasteiger charge is -2.29. The van der Waals surface area contributed by atoms with Gasteiger partial charge in [-0.15, -0.1) is 0 Å². The molecule has 0 spiro atoms. The summed E-state index contributed by atoms with van der Waals surface area (Å²) in [6, 6.07) is -2.23. The number of esters is 2. The van der Waals surface area contributed by atoms with Gasteiger partial charge in [-0.1, -0.05) is 27.2 Å². The molecule has 2 aromatic heterocycles. The van der Waals surface area contributed by atoms with E-state index in [0.717, 1.165) is 32.1 Å². The molecule has 264 valence electrons. The zero-order chi connectivity index (χ0) is 34.7. The number of rotatable bonds is 13. The minimum Gasteiger partial charge on any atom is -0.479 e. The Labute approximate surface area is 273 Å². The number of hydrogen-bond acceptors (Lipinski definition) is 14. The first-order chi connectivity index (χ1) is 21.9. The van der Waals surface area contributed by atoms with E-state index in [-0.39, 0.29) is 41.1 Å². The molecule has 6 N–H and O–H groups in total. The first kappa shape index (κ1) is 36.9. The molecule has 0 bridgehead atoms. The summed E-state index contributed by atoms with van der Waals surface area (Å²) in [4.78, 5) is 38.2. The van der Waals surface area contributed by atoms with Gasteiger partial charge in [0, 0.05) is 0 Å². The Bertz CT molecular complexity index is 1460. The zero-order valence-corrected chi connectivity index (χ0v) is 28.9. The van der Waals surface area contributed by atoms with Crippen LogP contribution in [0.1, 0.15) is 79.9 Å². The van der Waals surface area contributed by atoms with Gasteiger partial charge in [-0.2, -0.15) is 9.97 Å². The van der Waals surface area contributed by atoms with Gasteiger partial charge in [0.25, 0.3) is 0 Å². The van der Waals surface area contributed by atoms with Gasteiger partial charge >= 0.3 is 19.6 Å². The number of imidazole rings is 1. The minimum atomic E-state index is -4.26. The highest BCUT2D eigenvalue weighted by molar-refractivity contribution is 7.54. The smallest absolute Gasteiger partial charge is 0.342 e. The lowest BCUT2D eigenvalue weighted by Crippen LogP contribution is -2.46. The maximum absolute atomic E-state index is 14.2. The van der Waals surface area contributed by atoms with E-state index in [0.29, 0.717) is 0 Å². The molecule has 1 unspecified atom stereocenters. The number of methoxy groups -OCH3 is 1. The van der Waals surface area contributed by atoms with Crippen LogP contribution in [0.4, 0.5) is 5.95 Å². The second kappa shape index (κ2) is 14.7. The van der Waals surface area contributed by atoms with Crippen LogP contribution in [0.25, 0.3) is 11.2 Å². The predicted octanol–water partition coefficient (Wildman–Crippen LogP) is 1.97. The lowest BCUT2D eigenvalue weighted by molar-refractivity contribution is -0.152. The monoisotopic (exact) mass is 685 g/mol. The van der Waals surface area contributed by atoms with E-state index < -0.39 is 62.3 Å². The Morgan fingerprint density at radius 1 is 1.17 bits per heavy atom. The molecule has 7 atom stereocenters. The summed E-state index contributed by atoms with van der Waals surface area (Å²) in [5.41, 5.74) is 4.03. The summed E-state index contributed by atoms with van der Waals surface area (Å²) in [5.74, 6) is -1.33. The van der Waals surface area contributed by atoms with Crippen molar-refractivity contribution in [1.29, 1.82) is 0 Å². The molecule has 1 saturated carbocycles. The Kier molecular flexibility index (Phi) is 11.5. The largest absolute Gasteiger partial charge is 0.479 e. The number of carbonyl (C=O) groups excluding carboxylic acids is 2. The van der Waals surface area contributed by atoms with Crippen LogP contribution < -0.4 is 20.6 Å². The average molecular weight is 686 g/mol. The van der Waals surface area contributed by atoms with Crippen LogP contribution in [0, 0.1) is 5.41 Å². The number of aliphatic hydroxyl groups excluding tert-OH is 1. The molecule has 2 aromatic rings. The number of aliphatic hydroxyl groups is 2. The van der Waals surface area contributed by atoms with Crippen molar-refractivity contribution in [3.8, 4) is 5.88 Å². The normalized spacial score (nSPS) is 26.4. The Balaban J connectivity index is 1.52. The topological polar surface area (TPSA) is 231 Å². The van der Waals surface area contributed by atoms with E-state index in [1.165, 1.54) is 38.8 Å². The summed E-state index contributed by atoms with van der Waals surface area (Å²) in [6.07, 6.45) is 1.53. The first-order valence-electron chi connectivity index (χ1n) is 15.7. The fourth-order valence-electron chi connectivity index (χ4n) is 5.37. The molecule has 0 radical (unpaired) electrons. The molecule has 1 aliphatic heterocycles. The quantitative estimate of drug-likeness (QED) is 0.150. The Morgan fingerprint density at radius 3 is 2.43 bits per heavy atom. The van der Waals surface area contributed by atoms with Gasteiger partial charge in [-0.05, 0) is 51.9 Å². The lowest BCUT2D eigenvalue weighted by atomic mass is 9.96. The second-order valence-electron chi connectivity index (χ2n) is 13.5. The molecular formula is C29H48N7O10P. The van der Waals surface area contributed by atoms with E-state index in [2.05, 4.69) is 25.1 Å². The van der Waals surface area contributed by atoms with Crippen LogP contribution in [0.3, 0.4) is 0 Å². The third-order valence-electron chi connectivity index (χ3n) is 7.94. The number of ether oxygens (including phenoxy) is 4. The van der Waals surface area contributed by atoms with E-state index in [4.69, 9.17) is 29.2 Å². The number of fused-ring (bicyclic) bond motifs is 1. The molecule has 17 nitrogen and oxygen atoms in total. The van der Waals surface area contributed by atoms with Crippen molar-refractivity contribution in [2.75, 3.05) is 26.1 Å². The minimum absolute atomic E-state index is 0.105. The van der Waals surface area contributed by atoms with Crippen molar-refractivity contribution in [2.24, 2.45) is 5.41 Å². The van der Waals surface area contributed by atoms with Gasteiger partial charge in [0.1, 0.15) is 36.0 Å². The fraction of sp³-hybridized carbons (Fsp3) is 0.759. The van der Waals surface area contributed by atoms with Crippen LogP contribution in [0.2, 0.25) is 0 Å². The van der Waals surface area contributed by atoms with Crippen molar-refractivity contribution < 1.29 is 47.8 Å². The maximum Gasteiger partial charge on any atom is 0.342 e. The summed E-state index contributed by atoms with van der Waals surface area (Å²) in [6.45, 7) is 9.54. The fourth-order valence-corrected chi connectivity index (χ4v) is 7.18. The summed E-state index contributed by atoms with van der Waals surface area (Å²) in [5, 5.41) is 27.8. The highest BCUT2D eigenvalue weighted by Crippen LogP contribution is 2.44. The van der Waals surface area contributed by atoms with Crippen molar-refractivity contribution in [2.45, 2.75) is 116 Å². The molecule has 1 saturated heterocycles. The van der Waals surface area contributed by atoms with Crippen LogP contribution in [-0.2, 0) is 32.9 Å². The number of nitrogen functional groups attached to an aromatic ring is 1. The molecular weight excluding hydrogens is 637 g/mol. The van der Waals surface area contributed by atoms with Crippen LogP contribution in [0.5, 0.6) is 5.88 Å². The highest BCUT2D eigenvalue weighted by Gasteiger charge is 2.54. The van der Waals surface area contributed by atoms with Crippen molar-refractivity contribution in [3.63, 3.8) is 0 Å². The van der Waals surface area contributed by atoms with E-state index in [1.54, 1.807) is 0 Å². The van der Waals surface area contributed by atoms with Gasteiger partial charge in [0.05, 0.1) is 26.7 Å². The number of anilines is 1. The van der Waals surface area contributed by atoms with E-state index >= 15 is 0 Å². The molecule has 47 heavy (non-hydrogen) atoms. The number of aromatic nitrogens is 4. The van der Waals surface area contributed by atoms with Crippen molar-refractivity contribution in [3.05, 3.63) is 6.33 Å². The molecule has 2 fully saturated rings. The number of nitrogens with two attached hydrogens (primary N) is 1. The number of nitrogens with one attached hydrogen (secondary N) is 2. The van der Waals surface area contributed by atoms with E-state index in [1.807, 2.05) is 20.8 Å². The Hall–Kier alpha value is -2.92. The molecule has 1 aliphatic carbocycles. The summed E-state index contributed by atoms with van der Waals surface area (Å²) < 4.78 is 43.7. The SMILES string of the molecule is COc1nc(N)nc2c1ncn2[C@@H]1O[C@H](COP(=O)(N[C@@H](C)C(=O)OCC(C)(C)C)N[C@@H](C)C(=O)OC2CCCCC2)[C@@H](O)[C@@]1(C)O. The Morgan fingerprint density at radius 2 is 1.81 bits per heavy atom. The second-order valence-corrected chi connectivity index (χ2v) is 15.4. The molecule has 0 aromatic carbocycles. The molecule has 18 heteroatoms. The van der Waals surface area contributed by atoms with Crippen LogP contribution >= 0.6 is 7.67 Å². The van der Waals surface area contributed by atoms with Gasteiger partial charge in [0.2, 0.25) is 11.8 Å². The average Bonchev–Trinajstić information content (AvgIpc) is 3.51. The van der Waals surface area contributed by atoms with Crippen LogP contribution in [-0.4, -0.2) is 98.0 Å². The standard InChI is InChI=1S/C29H48N7O10P/c1-16(24(38)43-14-28(3,4)5)34-47(41,35-17(2)25(39)45-18-11-9-8-10-12-18)44-13-19-21(37)29(6,40)26(46-19)36-15-31-20-22(36)32-27(30)33-23(20)42-7/h15-19,21,26,37,40H,8-14H2,1-7H3,(H2,30,32,33)(H2,34,35,41)/t16-,17-,19+,21+,26+,29+,47?/m0/s1. The molecule has 3 heterocycles. The zero-order valence-electron chi connectivity index (χ0n) is 28.0. The van der Waals surface area contributed by atoms with Gasteiger partial charge in [0.15, 0.2) is 17.4 Å². The van der Waals surface area contributed by atoms with Gasteiger partial charge < -0.3 is 39.4 Å². The first-order valence-corrected chi connectivity index (χ1v) is 17.3. The molecule has 0 amide bonds. The molecule has 4 rings (SSSR count). The van der Waals surface area contributed by atoms with Gasteiger partial charge in [-0.3, -0.25) is 18.7 Å². The number of carbonyl (C=O) groups is 2.